The average molecular weight is 962 g/mol. The Bertz CT molecular complexity index is 1330. The van der Waals surface area contributed by atoms with E-state index in [2.05, 4.69) is 106 Å². The highest BCUT2D eigenvalue weighted by Crippen LogP contribution is 2.15. The molecule has 0 rings (SSSR count). The molecule has 0 radical (unpaired) electrons. The van der Waals surface area contributed by atoms with Crippen LogP contribution in [0.3, 0.4) is 0 Å². The van der Waals surface area contributed by atoms with E-state index in [0.29, 0.717) is 19.3 Å². The molecule has 0 aromatic carbocycles. The zero-order chi connectivity index (χ0) is 50.0. The van der Waals surface area contributed by atoms with Crippen LogP contribution < -0.4 is 0 Å². The second kappa shape index (κ2) is 57.2. The summed E-state index contributed by atoms with van der Waals surface area (Å²) in [5, 5.41) is 0. The molecule has 6 heteroatoms. The van der Waals surface area contributed by atoms with Gasteiger partial charge in [-0.25, -0.2) is 0 Å². The van der Waals surface area contributed by atoms with Crippen molar-refractivity contribution in [3.8, 4) is 0 Å². The lowest BCUT2D eigenvalue weighted by atomic mass is 10.0. The molecule has 0 saturated carbocycles. The molecule has 0 aliphatic rings. The maximum Gasteiger partial charge on any atom is 0.306 e. The molecule has 0 aliphatic carbocycles. The highest BCUT2D eigenvalue weighted by atomic mass is 16.6. The van der Waals surface area contributed by atoms with Gasteiger partial charge in [0.15, 0.2) is 6.10 Å². The molecular formula is C63H108O6. The number of carbonyl (C=O) groups is 3. The minimum absolute atomic E-state index is 0.0831. The van der Waals surface area contributed by atoms with Crippen LogP contribution in [0.5, 0.6) is 0 Å². The Morgan fingerprint density at radius 1 is 0.304 bits per heavy atom. The lowest BCUT2D eigenvalue weighted by Crippen LogP contribution is -2.30. The van der Waals surface area contributed by atoms with Gasteiger partial charge in [0, 0.05) is 19.3 Å². The van der Waals surface area contributed by atoms with Crippen LogP contribution in [0, 0.1) is 0 Å². The van der Waals surface area contributed by atoms with Gasteiger partial charge in [-0.1, -0.05) is 234 Å². The van der Waals surface area contributed by atoms with Crippen LogP contribution in [-0.2, 0) is 28.6 Å². The Kier molecular flexibility index (Phi) is 54.3. The number of ether oxygens (including phenoxy) is 3. The van der Waals surface area contributed by atoms with E-state index in [0.717, 1.165) is 116 Å². The average Bonchev–Trinajstić information content (AvgIpc) is 3.35. The molecule has 0 aromatic rings. The summed E-state index contributed by atoms with van der Waals surface area (Å²) < 4.78 is 16.8. The Hall–Kier alpha value is -3.41. The molecule has 0 N–H and O–H groups in total. The fourth-order valence-electron chi connectivity index (χ4n) is 8.00. The summed E-state index contributed by atoms with van der Waals surface area (Å²) in [7, 11) is 0. The fraction of sp³-hybridized carbons (Fsp3) is 0.730. The highest BCUT2D eigenvalue weighted by molar-refractivity contribution is 5.71. The monoisotopic (exact) mass is 961 g/mol. The number of allylic oxidation sites excluding steroid dienone is 14. The van der Waals surface area contributed by atoms with E-state index in [1.807, 2.05) is 0 Å². The first-order valence-electron chi connectivity index (χ1n) is 29.1. The van der Waals surface area contributed by atoms with E-state index in [1.165, 1.54) is 122 Å². The van der Waals surface area contributed by atoms with Crippen molar-refractivity contribution < 1.29 is 28.6 Å². The predicted octanol–water partition coefficient (Wildman–Crippen LogP) is 19.5. The van der Waals surface area contributed by atoms with Crippen molar-refractivity contribution in [2.45, 2.75) is 284 Å². The molecule has 0 amide bonds. The summed E-state index contributed by atoms with van der Waals surface area (Å²) in [5.41, 5.74) is 0. The zero-order valence-corrected chi connectivity index (χ0v) is 45.3. The van der Waals surface area contributed by atoms with Crippen molar-refractivity contribution in [1.29, 1.82) is 0 Å². The van der Waals surface area contributed by atoms with Crippen LogP contribution in [0.1, 0.15) is 278 Å². The maximum absolute atomic E-state index is 12.8. The third-order valence-electron chi connectivity index (χ3n) is 12.3. The molecule has 0 aliphatic heterocycles. The lowest BCUT2D eigenvalue weighted by Gasteiger charge is -2.18. The van der Waals surface area contributed by atoms with Gasteiger partial charge in [0.25, 0.3) is 0 Å². The minimum Gasteiger partial charge on any atom is -0.462 e. The Labute approximate surface area is 426 Å². The standard InChI is InChI=1S/C63H108O6/c1-4-7-10-13-16-19-22-24-26-27-28-29-30-31-32-33-34-35-36-37-38-40-41-44-47-50-53-56-62(65)68-59-60(58-67-61(64)55-52-49-46-43-21-18-15-12-9-6-3)69-63(66)57-54-51-48-45-42-39-25-23-20-17-14-11-8-5-2/h7,10,12,15-16,19,23-26,28-29,31-32,60H,4-6,8-9,11,13-14,17-18,20-22,27,30,33-59H2,1-3H3/b10-7-,15-12-,19-16-,25-23-,26-24-,29-28-,32-31-. The number of rotatable bonds is 52. The van der Waals surface area contributed by atoms with E-state index in [4.69, 9.17) is 14.2 Å². The second-order valence-electron chi connectivity index (χ2n) is 19.2. The first-order chi connectivity index (χ1) is 34.0. The molecule has 0 saturated heterocycles. The van der Waals surface area contributed by atoms with Gasteiger partial charge in [0.2, 0.25) is 0 Å². The van der Waals surface area contributed by atoms with Crippen LogP contribution in [-0.4, -0.2) is 37.2 Å². The van der Waals surface area contributed by atoms with Crippen molar-refractivity contribution in [2.24, 2.45) is 0 Å². The van der Waals surface area contributed by atoms with Gasteiger partial charge in [-0.15, -0.1) is 0 Å². The third kappa shape index (κ3) is 55.4. The first-order valence-corrected chi connectivity index (χ1v) is 29.1. The number of carbonyl (C=O) groups excluding carboxylic acids is 3. The summed E-state index contributed by atoms with van der Waals surface area (Å²) in [4.78, 5) is 38.0. The van der Waals surface area contributed by atoms with E-state index in [-0.39, 0.29) is 31.1 Å². The highest BCUT2D eigenvalue weighted by Gasteiger charge is 2.19. The van der Waals surface area contributed by atoms with Crippen LogP contribution in [0.15, 0.2) is 85.1 Å². The van der Waals surface area contributed by atoms with Crippen LogP contribution >= 0.6 is 0 Å². The SMILES string of the molecule is CC/C=C\C/C=C\C/C=C\C/C=C\C/C=C\CCCCCCCCCCCCCC(=O)OCC(COC(=O)CCCCCCC/C=C\CCC)OC(=O)CCCCCCC/C=C\CCCCCCC. The lowest BCUT2D eigenvalue weighted by molar-refractivity contribution is -0.167. The predicted molar refractivity (Wildman–Crippen MR) is 297 cm³/mol. The number of hydrogen-bond acceptors (Lipinski definition) is 6. The number of hydrogen-bond donors (Lipinski definition) is 0. The van der Waals surface area contributed by atoms with E-state index < -0.39 is 6.10 Å². The molecule has 0 heterocycles. The summed E-state index contributed by atoms with van der Waals surface area (Å²) in [5.74, 6) is -0.901. The molecule has 0 aromatic heterocycles. The van der Waals surface area contributed by atoms with E-state index >= 15 is 0 Å². The molecule has 0 bridgehead atoms. The summed E-state index contributed by atoms with van der Waals surface area (Å²) in [6.07, 6.45) is 74.4. The van der Waals surface area contributed by atoms with Gasteiger partial charge >= 0.3 is 17.9 Å². The molecule has 0 spiro atoms. The Balaban J connectivity index is 4.22. The molecule has 69 heavy (non-hydrogen) atoms. The number of esters is 3. The molecular weight excluding hydrogens is 853 g/mol. The largest absolute Gasteiger partial charge is 0.462 e. The molecule has 1 unspecified atom stereocenters. The molecule has 396 valence electrons. The summed E-state index contributed by atoms with van der Waals surface area (Å²) >= 11 is 0. The first kappa shape index (κ1) is 65.6. The Morgan fingerprint density at radius 2 is 0.594 bits per heavy atom. The molecule has 6 nitrogen and oxygen atoms in total. The van der Waals surface area contributed by atoms with Crippen LogP contribution in [0.4, 0.5) is 0 Å². The van der Waals surface area contributed by atoms with E-state index in [9.17, 15) is 14.4 Å². The third-order valence-corrected chi connectivity index (χ3v) is 12.3. The maximum atomic E-state index is 12.8. The van der Waals surface area contributed by atoms with Gasteiger partial charge in [-0.2, -0.15) is 0 Å². The van der Waals surface area contributed by atoms with Gasteiger partial charge in [0.05, 0.1) is 0 Å². The Morgan fingerprint density at radius 3 is 0.957 bits per heavy atom. The smallest absolute Gasteiger partial charge is 0.306 e. The van der Waals surface area contributed by atoms with Crippen molar-refractivity contribution in [3.63, 3.8) is 0 Å². The topological polar surface area (TPSA) is 78.9 Å². The summed E-state index contributed by atoms with van der Waals surface area (Å²) in [6, 6.07) is 0. The van der Waals surface area contributed by atoms with E-state index in [1.54, 1.807) is 0 Å². The molecule has 1 atom stereocenters. The summed E-state index contributed by atoms with van der Waals surface area (Å²) in [6.45, 7) is 6.45. The van der Waals surface area contributed by atoms with Crippen LogP contribution in [0.25, 0.3) is 0 Å². The minimum atomic E-state index is -0.784. The van der Waals surface area contributed by atoms with Crippen molar-refractivity contribution >= 4 is 17.9 Å². The fourth-order valence-corrected chi connectivity index (χ4v) is 8.00. The van der Waals surface area contributed by atoms with Gasteiger partial charge in [-0.3, -0.25) is 14.4 Å². The second-order valence-corrected chi connectivity index (χ2v) is 19.2. The van der Waals surface area contributed by atoms with Gasteiger partial charge in [0.1, 0.15) is 13.2 Å². The zero-order valence-electron chi connectivity index (χ0n) is 45.3. The quantitative estimate of drug-likeness (QED) is 0.0262. The van der Waals surface area contributed by atoms with Crippen molar-refractivity contribution in [1.82, 2.24) is 0 Å². The normalized spacial score (nSPS) is 12.7. The van der Waals surface area contributed by atoms with Crippen molar-refractivity contribution in [3.05, 3.63) is 85.1 Å². The van der Waals surface area contributed by atoms with Crippen molar-refractivity contribution in [2.75, 3.05) is 13.2 Å². The van der Waals surface area contributed by atoms with Gasteiger partial charge in [-0.05, 0) is 109 Å². The molecule has 0 fully saturated rings. The number of unbranched alkanes of at least 4 members (excludes halogenated alkanes) is 27. The van der Waals surface area contributed by atoms with Crippen LogP contribution in [0.2, 0.25) is 0 Å². The van der Waals surface area contributed by atoms with Gasteiger partial charge < -0.3 is 14.2 Å².